The van der Waals surface area contributed by atoms with Crippen LogP contribution in [-0.4, -0.2) is 196 Å². The first-order valence-corrected chi connectivity index (χ1v) is 30.5. The van der Waals surface area contributed by atoms with Gasteiger partial charge >= 0.3 is 6.01 Å². The van der Waals surface area contributed by atoms with Crippen LogP contribution in [0.5, 0.6) is 11.8 Å². The standard InChI is InChI=1S/C63H77ClFN11O7S/c1-7-53(80)74-26-28-75(29-27-74)59-49-33-50(64)54(48-31-45(77)30-44-10-8-9-11-47(44)48)55(65)56(49)69-62(70-59)83-39(2)34-71-20-17-42(18-21-71)35-72-22-24-73(25-23-72)37-52(79)68-58(63(4,5)6)61(82)76-36-46(78)32-51(76)60(81)66-19-16-41-12-14-43(15-13-41)57-40(3)67-38-84-57/h7-15,30-31,33,38-39,42,46,51,58,77-78H,1,16-29,32,34-37H2,2-6H3,(H,66,81)(H,68,79)/t39-,46+,51+,58-/m1/s1. The topological polar surface area (TPSA) is 200 Å². The number of carbonyl (C=O) groups is 4. The summed E-state index contributed by atoms with van der Waals surface area (Å²) in [4.78, 5) is 81.3. The fourth-order valence-corrected chi connectivity index (χ4v) is 13.4. The molecule has 4 atom stereocenters. The number of aliphatic hydroxyl groups is 1. The lowest BCUT2D eigenvalue weighted by atomic mass is 9.85. The number of aryl methyl sites for hydroxylation is 1. The maximum absolute atomic E-state index is 17.2. The van der Waals surface area contributed by atoms with Gasteiger partial charge in [-0.15, -0.1) is 11.3 Å². The van der Waals surface area contributed by atoms with Crippen LogP contribution in [0.25, 0.3) is 43.2 Å². The molecule has 6 heterocycles. The highest BCUT2D eigenvalue weighted by Gasteiger charge is 2.45. The Morgan fingerprint density at radius 1 is 0.917 bits per heavy atom. The number of amides is 4. The smallest absolute Gasteiger partial charge is 0.319 e. The average Bonchev–Trinajstić information content (AvgIpc) is 3.45. The molecule has 0 spiro atoms. The number of aliphatic hydroxyl groups excluding tert-OH is 1. The number of hydrogen-bond donors (Lipinski definition) is 4. The van der Waals surface area contributed by atoms with Crippen molar-refractivity contribution in [1.82, 2.24) is 50.1 Å². The third-order valence-electron chi connectivity index (χ3n) is 16.9. The number of phenolic OH excluding ortho intramolecular Hbond substituents is 1. The van der Waals surface area contributed by atoms with Gasteiger partial charge < -0.3 is 45.2 Å². The molecule has 446 valence electrons. The zero-order valence-corrected chi connectivity index (χ0v) is 50.2. The summed E-state index contributed by atoms with van der Waals surface area (Å²) in [6.07, 6.45) is 2.85. The summed E-state index contributed by atoms with van der Waals surface area (Å²) in [6.45, 7) is 21.9. The molecule has 4 saturated heterocycles. The van der Waals surface area contributed by atoms with Crippen molar-refractivity contribution in [3.63, 3.8) is 0 Å². The number of hydrogen-bond acceptors (Lipinski definition) is 15. The van der Waals surface area contributed by atoms with E-state index in [2.05, 4.69) is 49.0 Å². The van der Waals surface area contributed by atoms with E-state index < -0.39 is 29.4 Å². The van der Waals surface area contributed by atoms with Crippen LogP contribution >= 0.6 is 22.9 Å². The first-order chi connectivity index (χ1) is 40.3. The number of benzene rings is 4. The number of phenols is 1. The van der Waals surface area contributed by atoms with Crippen LogP contribution in [0.4, 0.5) is 10.2 Å². The van der Waals surface area contributed by atoms with E-state index in [1.165, 1.54) is 17.0 Å². The lowest BCUT2D eigenvalue weighted by molar-refractivity contribution is -0.144. The monoisotopic (exact) mass is 1190 g/mol. The van der Waals surface area contributed by atoms with E-state index in [9.17, 15) is 29.4 Å². The number of piperazine rings is 2. The van der Waals surface area contributed by atoms with Crippen LogP contribution in [0.15, 0.2) is 84.9 Å². The Hall–Kier alpha value is -6.81. The van der Waals surface area contributed by atoms with E-state index in [0.717, 1.165) is 78.0 Å². The van der Waals surface area contributed by atoms with E-state index in [1.54, 1.807) is 28.4 Å². The van der Waals surface area contributed by atoms with E-state index in [4.69, 9.17) is 26.3 Å². The van der Waals surface area contributed by atoms with Crippen molar-refractivity contribution in [1.29, 1.82) is 0 Å². The molecule has 0 aliphatic carbocycles. The zero-order valence-electron chi connectivity index (χ0n) is 48.7. The molecule has 2 aromatic heterocycles. The molecule has 4 aromatic carbocycles. The Balaban J connectivity index is 0.697. The quantitative estimate of drug-likeness (QED) is 0.0632. The van der Waals surface area contributed by atoms with Crippen molar-refractivity contribution in [2.24, 2.45) is 11.3 Å². The predicted molar refractivity (Wildman–Crippen MR) is 327 cm³/mol. The molecule has 0 radical (unpaired) electrons. The molecule has 0 unspecified atom stereocenters. The largest absolute Gasteiger partial charge is 0.508 e. The number of nitrogens with one attached hydrogen (secondary N) is 2. The molecule has 10 rings (SSSR count). The number of fused-ring (bicyclic) bond motifs is 2. The summed E-state index contributed by atoms with van der Waals surface area (Å²) in [6, 6.07) is 18.7. The van der Waals surface area contributed by atoms with Crippen LogP contribution in [0.3, 0.4) is 0 Å². The van der Waals surface area contributed by atoms with Crippen molar-refractivity contribution in [2.75, 3.05) is 103 Å². The lowest BCUT2D eigenvalue weighted by Gasteiger charge is -2.39. The Bertz CT molecular complexity index is 3370. The van der Waals surface area contributed by atoms with Crippen LogP contribution in [0.1, 0.15) is 58.2 Å². The molecule has 6 aromatic rings. The molecule has 4 N–H and O–H groups in total. The Morgan fingerprint density at radius 2 is 1.63 bits per heavy atom. The summed E-state index contributed by atoms with van der Waals surface area (Å²) in [7, 11) is 0. The SMILES string of the molecule is C=CC(=O)N1CCN(c2nc(O[C@H](C)CN3CCC(CN4CCN(CC(=O)N[C@H](C(=O)N5C[C@@H](O)C[C@H]5C(=O)NCCc5ccc(-c6scnc6C)cc5)C(C)(C)C)CC4)CC3)nc3c(F)c(-c4cc(O)cc5ccccc45)c(Cl)cc23)CC1. The van der Waals surface area contributed by atoms with Gasteiger partial charge in [0.05, 0.1) is 33.8 Å². The van der Waals surface area contributed by atoms with E-state index in [-0.39, 0.29) is 77.1 Å². The highest BCUT2D eigenvalue weighted by Crippen LogP contribution is 2.43. The maximum Gasteiger partial charge on any atom is 0.319 e. The second-order valence-corrected chi connectivity index (χ2v) is 25.3. The molecule has 21 heteroatoms. The van der Waals surface area contributed by atoms with Gasteiger partial charge in [-0.25, -0.2) is 9.37 Å². The minimum absolute atomic E-state index is 0.0148. The molecular weight excluding hydrogens is 1110 g/mol. The minimum atomic E-state index is -0.903. The van der Waals surface area contributed by atoms with Crippen molar-refractivity contribution >= 4 is 74.1 Å². The van der Waals surface area contributed by atoms with Crippen molar-refractivity contribution in [3.8, 4) is 33.3 Å². The first kappa shape index (κ1) is 60.3. The predicted octanol–water partition coefficient (Wildman–Crippen LogP) is 7.16. The maximum atomic E-state index is 17.2. The van der Waals surface area contributed by atoms with Gasteiger partial charge in [0.2, 0.25) is 23.6 Å². The van der Waals surface area contributed by atoms with Crippen molar-refractivity contribution in [3.05, 3.63) is 107 Å². The molecule has 0 bridgehead atoms. The Kier molecular flexibility index (Phi) is 18.8. The number of piperidine rings is 1. The number of anilines is 1. The molecule has 4 amide bonds. The first-order valence-electron chi connectivity index (χ1n) is 29.3. The van der Waals surface area contributed by atoms with Crippen LogP contribution < -0.4 is 20.3 Å². The zero-order chi connectivity index (χ0) is 59.4. The molecular formula is C63H77ClFN11O7S. The van der Waals surface area contributed by atoms with Gasteiger partial charge in [0.25, 0.3) is 0 Å². The second kappa shape index (κ2) is 26.2. The molecule has 4 aliphatic rings. The van der Waals surface area contributed by atoms with Gasteiger partial charge in [0.1, 0.15) is 35.3 Å². The number of thiazole rings is 1. The summed E-state index contributed by atoms with van der Waals surface area (Å²) in [5.41, 5.74) is 4.91. The summed E-state index contributed by atoms with van der Waals surface area (Å²) < 4.78 is 23.7. The second-order valence-electron chi connectivity index (χ2n) is 24.0. The van der Waals surface area contributed by atoms with Crippen LogP contribution in [0.2, 0.25) is 5.02 Å². The molecule has 4 fully saturated rings. The number of aromatic hydroxyl groups is 1. The highest BCUT2D eigenvalue weighted by atomic mass is 35.5. The van der Waals surface area contributed by atoms with Gasteiger partial charge in [0.15, 0.2) is 5.82 Å². The van der Waals surface area contributed by atoms with Crippen molar-refractivity contribution < 1.29 is 38.5 Å². The molecule has 84 heavy (non-hydrogen) atoms. The number of nitrogens with zero attached hydrogens (tertiary/aromatic N) is 9. The Labute approximate surface area is 499 Å². The van der Waals surface area contributed by atoms with Gasteiger partial charge in [0, 0.05) is 95.9 Å². The number of likely N-dealkylation sites (tertiary alicyclic amines) is 2. The van der Waals surface area contributed by atoms with E-state index in [1.807, 2.05) is 81.4 Å². The third-order valence-corrected chi connectivity index (χ3v) is 18.1. The van der Waals surface area contributed by atoms with Gasteiger partial charge in [-0.3, -0.25) is 29.0 Å². The number of halogens is 2. The fourth-order valence-electron chi connectivity index (χ4n) is 12.3. The highest BCUT2D eigenvalue weighted by molar-refractivity contribution is 7.13. The van der Waals surface area contributed by atoms with Crippen molar-refractivity contribution in [2.45, 2.75) is 84.6 Å². The number of β-amino-alcohol motifs (C(OH)–C–C–N with tert-alkyl or cyclic N) is 1. The molecule has 0 saturated carbocycles. The number of carbonyl (C=O) groups excluding carboxylic acids is 4. The number of aromatic nitrogens is 3. The number of rotatable bonds is 18. The lowest BCUT2D eigenvalue weighted by Crippen LogP contribution is -2.59. The minimum Gasteiger partial charge on any atom is -0.508 e. The average molecular weight is 1190 g/mol. The number of ether oxygens (including phenoxy) is 1. The van der Waals surface area contributed by atoms with E-state index in [0.29, 0.717) is 81.5 Å². The summed E-state index contributed by atoms with van der Waals surface area (Å²) in [5, 5.41) is 29.5. The summed E-state index contributed by atoms with van der Waals surface area (Å²) >= 11 is 8.56. The van der Waals surface area contributed by atoms with Gasteiger partial charge in [-0.1, -0.05) is 87.5 Å². The fraction of sp³-hybridized carbons (Fsp3) is 0.476. The Morgan fingerprint density at radius 3 is 2.32 bits per heavy atom. The van der Waals surface area contributed by atoms with Gasteiger partial charge in [-0.2, -0.15) is 9.97 Å². The van der Waals surface area contributed by atoms with E-state index >= 15 is 4.39 Å². The van der Waals surface area contributed by atoms with Crippen LogP contribution in [-0.2, 0) is 25.6 Å². The third kappa shape index (κ3) is 14.0. The molecule has 18 nitrogen and oxygen atoms in total. The molecule has 4 aliphatic heterocycles. The van der Waals surface area contributed by atoms with Crippen LogP contribution in [0, 0.1) is 24.1 Å². The normalized spacial score (nSPS) is 19.4. The van der Waals surface area contributed by atoms with Gasteiger partial charge in [-0.05, 0) is 109 Å². The summed E-state index contributed by atoms with van der Waals surface area (Å²) in [5.74, 6) is -0.840.